The first-order valence-corrected chi connectivity index (χ1v) is 10.6. The lowest BCUT2D eigenvalue weighted by molar-refractivity contribution is 0.0958. The maximum absolute atomic E-state index is 11.8. The van der Waals surface area contributed by atoms with Crippen molar-refractivity contribution in [3.8, 4) is 23.0 Å². The average molecular weight is 451 g/mol. The molecule has 2 aromatic heterocycles. The van der Waals surface area contributed by atoms with Gasteiger partial charge in [-0.25, -0.2) is 4.98 Å². The SMILES string of the molecule is CNC(=O)c1cc(Oc2ccc3nc(NCc4ccc(OC)c(OC)c4)sc3c2)ccn1. The minimum absolute atomic E-state index is 0.265. The molecule has 0 atom stereocenters. The van der Waals surface area contributed by atoms with Crippen molar-refractivity contribution >= 4 is 32.6 Å². The van der Waals surface area contributed by atoms with Gasteiger partial charge in [-0.05, 0) is 35.9 Å². The first-order chi connectivity index (χ1) is 15.6. The summed E-state index contributed by atoms with van der Waals surface area (Å²) < 4.78 is 17.5. The largest absolute Gasteiger partial charge is 0.493 e. The van der Waals surface area contributed by atoms with Crippen LogP contribution in [0.2, 0.25) is 0 Å². The summed E-state index contributed by atoms with van der Waals surface area (Å²) >= 11 is 1.54. The molecule has 0 fully saturated rings. The molecular formula is C23H22N4O4S. The van der Waals surface area contributed by atoms with E-state index >= 15 is 0 Å². The smallest absolute Gasteiger partial charge is 0.269 e. The Morgan fingerprint density at radius 2 is 1.81 bits per heavy atom. The first-order valence-electron chi connectivity index (χ1n) is 9.81. The van der Waals surface area contributed by atoms with Gasteiger partial charge in [0.15, 0.2) is 16.6 Å². The summed E-state index contributed by atoms with van der Waals surface area (Å²) in [4.78, 5) is 20.5. The number of fused-ring (bicyclic) bond motifs is 1. The summed E-state index contributed by atoms with van der Waals surface area (Å²) in [6.45, 7) is 0.600. The molecule has 0 unspecified atom stereocenters. The predicted octanol–water partition coefficient (Wildman–Crippen LogP) is 4.47. The van der Waals surface area contributed by atoms with Crippen molar-refractivity contribution in [2.24, 2.45) is 0 Å². The quantitative estimate of drug-likeness (QED) is 0.409. The molecule has 0 aliphatic carbocycles. The van der Waals surface area contributed by atoms with Gasteiger partial charge in [-0.2, -0.15) is 0 Å². The third-order valence-corrected chi connectivity index (χ3v) is 5.65. The lowest BCUT2D eigenvalue weighted by Gasteiger charge is -2.09. The zero-order valence-corrected chi connectivity index (χ0v) is 18.7. The molecule has 0 radical (unpaired) electrons. The van der Waals surface area contributed by atoms with Crippen molar-refractivity contribution < 1.29 is 19.0 Å². The maximum Gasteiger partial charge on any atom is 0.269 e. The average Bonchev–Trinajstić information content (AvgIpc) is 3.24. The molecule has 0 spiro atoms. The van der Waals surface area contributed by atoms with Gasteiger partial charge >= 0.3 is 0 Å². The van der Waals surface area contributed by atoms with Gasteiger partial charge in [0, 0.05) is 31.9 Å². The fourth-order valence-electron chi connectivity index (χ4n) is 3.08. The number of rotatable bonds is 8. The van der Waals surface area contributed by atoms with Gasteiger partial charge in [-0.15, -0.1) is 0 Å². The number of methoxy groups -OCH3 is 2. The Balaban J connectivity index is 1.47. The molecular weight excluding hydrogens is 428 g/mol. The van der Waals surface area contributed by atoms with E-state index in [0.717, 1.165) is 20.9 Å². The molecule has 0 aliphatic rings. The van der Waals surface area contributed by atoms with E-state index in [9.17, 15) is 4.79 Å². The van der Waals surface area contributed by atoms with Crippen LogP contribution in [0.3, 0.4) is 0 Å². The van der Waals surface area contributed by atoms with E-state index in [1.807, 2.05) is 36.4 Å². The number of carbonyl (C=O) groups excluding carboxylic acids is 1. The van der Waals surface area contributed by atoms with Gasteiger partial charge in [0.05, 0.1) is 24.4 Å². The van der Waals surface area contributed by atoms with Crippen LogP contribution in [0.4, 0.5) is 5.13 Å². The number of nitrogens with one attached hydrogen (secondary N) is 2. The number of pyridine rings is 1. The molecule has 32 heavy (non-hydrogen) atoms. The number of aromatic nitrogens is 2. The molecule has 9 heteroatoms. The van der Waals surface area contributed by atoms with E-state index in [1.165, 1.54) is 11.3 Å². The number of nitrogens with zero attached hydrogens (tertiary/aromatic N) is 2. The molecule has 2 aromatic carbocycles. The van der Waals surface area contributed by atoms with Crippen molar-refractivity contribution in [3.05, 3.63) is 66.0 Å². The molecule has 8 nitrogen and oxygen atoms in total. The highest BCUT2D eigenvalue weighted by Crippen LogP contribution is 2.32. The van der Waals surface area contributed by atoms with Crippen LogP contribution < -0.4 is 24.8 Å². The van der Waals surface area contributed by atoms with Crippen molar-refractivity contribution in [3.63, 3.8) is 0 Å². The minimum Gasteiger partial charge on any atom is -0.493 e. The molecule has 0 saturated heterocycles. The van der Waals surface area contributed by atoms with Crippen LogP contribution in [0.1, 0.15) is 16.1 Å². The van der Waals surface area contributed by atoms with Crippen molar-refractivity contribution in [2.75, 3.05) is 26.6 Å². The third-order valence-electron chi connectivity index (χ3n) is 4.68. The minimum atomic E-state index is -0.265. The summed E-state index contributed by atoms with van der Waals surface area (Å²) in [5.74, 6) is 2.31. The van der Waals surface area contributed by atoms with Gasteiger partial charge in [-0.1, -0.05) is 17.4 Å². The predicted molar refractivity (Wildman–Crippen MR) is 124 cm³/mol. The normalized spacial score (nSPS) is 10.6. The summed E-state index contributed by atoms with van der Waals surface area (Å²) in [6.07, 6.45) is 1.54. The highest BCUT2D eigenvalue weighted by Gasteiger charge is 2.10. The van der Waals surface area contributed by atoms with E-state index < -0.39 is 0 Å². The van der Waals surface area contributed by atoms with Gasteiger partial charge in [-0.3, -0.25) is 9.78 Å². The van der Waals surface area contributed by atoms with Gasteiger partial charge in [0.2, 0.25) is 0 Å². The lowest BCUT2D eigenvalue weighted by atomic mass is 10.2. The topological polar surface area (TPSA) is 94.6 Å². The number of thiazole rings is 1. The zero-order valence-electron chi connectivity index (χ0n) is 17.8. The maximum atomic E-state index is 11.8. The van der Waals surface area contributed by atoms with Crippen molar-refractivity contribution in [2.45, 2.75) is 6.54 Å². The van der Waals surface area contributed by atoms with E-state index in [0.29, 0.717) is 35.2 Å². The van der Waals surface area contributed by atoms with Crippen LogP contribution in [0, 0.1) is 0 Å². The second-order valence-electron chi connectivity index (χ2n) is 6.75. The second-order valence-corrected chi connectivity index (χ2v) is 7.78. The number of hydrogen-bond acceptors (Lipinski definition) is 8. The number of carbonyl (C=O) groups is 1. The fraction of sp³-hybridized carbons (Fsp3) is 0.174. The van der Waals surface area contributed by atoms with Crippen LogP contribution in [-0.2, 0) is 6.54 Å². The number of ether oxygens (including phenoxy) is 3. The van der Waals surface area contributed by atoms with Crippen LogP contribution >= 0.6 is 11.3 Å². The Hall–Kier alpha value is -3.85. The Kier molecular flexibility index (Phi) is 6.37. The summed E-state index contributed by atoms with van der Waals surface area (Å²) in [6, 6.07) is 14.8. The van der Waals surface area contributed by atoms with Crippen molar-refractivity contribution in [1.82, 2.24) is 15.3 Å². The Bertz CT molecular complexity index is 1260. The van der Waals surface area contributed by atoms with E-state index in [4.69, 9.17) is 14.2 Å². The molecule has 0 bridgehead atoms. The number of amides is 1. The Labute approximate surface area is 189 Å². The number of anilines is 1. The van der Waals surface area contributed by atoms with E-state index in [2.05, 4.69) is 20.6 Å². The van der Waals surface area contributed by atoms with E-state index in [-0.39, 0.29) is 5.91 Å². The molecule has 0 aliphatic heterocycles. The molecule has 4 aromatic rings. The Morgan fingerprint density at radius 3 is 2.59 bits per heavy atom. The Morgan fingerprint density at radius 1 is 1.00 bits per heavy atom. The molecule has 164 valence electrons. The van der Waals surface area contributed by atoms with Gasteiger partial charge in [0.1, 0.15) is 17.2 Å². The fourth-order valence-corrected chi connectivity index (χ4v) is 3.97. The van der Waals surface area contributed by atoms with Crippen LogP contribution in [0.25, 0.3) is 10.2 Å². The third kappa shape index (κ3) is 4.73. The van der Waals surface area contributed by atoms with Crippen LogP contribution in [-0.4, -0.2) is 37.1 Å². The van der Waals surface area contributed by atoms with Crippen LogP contribution in [0.15, 0.2) is 54.7 Å². The molecule has 0 saturated carbocycles. The lowest BCUT2D eigenvalue weighted by Crippen LogP contribution is -2.18. The van der Waals surface area contributed by atoms with Crippen molar-refractivity contribution in [1.29, 1.82) is 0 Å². The highest BCUT2D eigenvalue weighted by atomic mass is 32.1. The highest BCUT2D eigenvalue weighted by molar-refractivity contribution is 7.22. The number of benzene rings is 2. The number of hydrogen-bond donors (Lipinski definition) is 2. The van der Waals surface area contributed by atoms with Gasteiger partial charge in [0.25, 0.3) is 5.91 Å². The first kappa shape index (κ1) is 21.4. The van der Waals surface area contributed by atoms with Gasteiger partial charge < -0.3 is 24.8 Å². The zero-order chi connectivity index (χ0) is 22.5. The molecule has 4 rings (SSSR count). The molecule has 1 amide bonds. The summed E-state index contributed by atoms with van der Waals surface area (Å²) in [5, 5.41) is 6.71. The van der Waals surface area contributed by atoms with Crippen LogP contribution in [0.5, 0.6) is 23.0 Å². The summed E-state index contributed by atoms with van der Waals surface area (Å²) in [7, 11) is 4.80. The molecule has 2 heterocycles. The summed E-state index contributed by atoms with van der Waals surface area (Å²) in [5.41, 5.74) is 2.22. The standard InChI is InChI=1S/C23H22N4O4S/c1-24-22(28)18-11-16(8-9-25-18)31-15-5-6-17-21(12-15)32-23(27-17)26-13-14-4-7-19(29-2)20(10-14)30-3/h4-12H,13H2,1-3H3,(H,24,28)(H,26,27). The molecule has 2 N–H and O–H groups in total. The monoisotopic (exact) mass is 450 g/mol. The van der Waals surface area contributed by atoms with E-state index in [1.54, 1.807) is 39.6 Å². The second kappa shape index (κ2) is 9.52.